The highest BCUT2D eigenvalue weighted by Crippen LogP contribution is 2.33. The van der Waals surface area contributed by atoms with E-state index in [0.717, 1.165) is 28.6 Å². The van der Waals surface area contributed by atoms with E-state index in [2.05, 4.69) is 4.98 Å². The molecule has 0 saturated carbocycles. The molecule has 0 amide bonds. The van der Waals surface area contributed by atoms with Gasteiger partial charge in [0, 0.05) is 29.6 Å². The number of ether oxygens (including phenoxy) is 2. The van der Waals surface area contributed by atoms with Crippen LogP contribution in [0.15, 0.2) is 70.4 Å². The summed E-state index contributed by atoms with van der Waals surface area (Å²) in [7, 11) is -4.07. The van der Waals surface area contributed by atoms with Gasteiger partial charge in [-0.25, -0.2) is 12.8 Å². The van der Waals surface area contributed by atoms with Gasteiger partial charge in [0.1, 0.15) is 5.82 Å². The summed E-state index contributed by atoms with van der Waals surface area (Å²) in [5.41, 5.74) is 3.27. The molecule has 0 spiro atoms. The van der Waals surface area contributed by atoms with Crippen molar-refractivity contribution >= 4 is 20.9 Å². The topological polar surface area (TPSA) is 88.7 Å². The number of halogens is 1. The summed E-state index contributed by atoms with van der Waals surface area (Å²) in [4.78, 5) is 15.8. The van der Waals surface area contributed by atoms with Crippen molar-refractivity contribution in [2.24, 2.45) is 0 Å². The Morgan fingerprint density at radius 1 is 0.943 bits per heavy atom. The van der Waals surface area contributed by atoms with Crippen LogP contribution in [0.4, 0.5) is 4.39 Å². The Labute approximate surface area is 201 Å². The fraction of sp³-hybridized carbons (Fsp3) is 0.192. The van der Waals surface area contributed by atoms with Gasteiger partial charge in [-0.2, -0.15) is 4.31 Å². The van der Waals surface area contributed by atoms with Crippen molar-refractivity contribution in [3.63, 3.8) is 0 Å². The minimum Gasteiger partial charge on any atom is -0.454 e. The summed E-state index contributed by atoms with van der Waals surface area (Å²) in [5, 5.41) is 0.840. The van der Waals surface area contributed by atoms with E-state index in [1.54, 1.807) is 24.3 Å². The van der Waals surface area contributed by atoms with Crippen molar-refractivity contribution in [1.82, 2.24) is 9.29 Å². The zero-order valence-electron chi connectivity index (χ0n) is 19.2. The maximum Gasteiger partial charge on any atom is 0.252 e. The third-order valence-corrected chi connectivity index (χ3v) is 7.79. The molecule has 0 aliphatic carbocycles. The number of fused-ring (bicyclic) bond motifs is 2. The van der Waals surface area contributed by atoms with E-state index < -0.39 is 15.8 Å². The van der Waals surface area contributed by atoms with Crippen LogP contribution in [0.3, 0.4) is 0 Å². The molecule has 1 aliphatic rings. The zero-order valence-corrected chi connectivity index (χ0v) is 20.0. The molecule has 1 aliphatic heterocycles. The lowest BCUT2D eigenvalue weighted by atomic mass is 10.0. The van der Waals surface area contributed by atoms with Crippen molar-refractivity contribution in [3.05, 3.63) is 99.1 Å². The quantitative estimate of drug-likeness (QED) is 0.429. The zero-order chi connectivity index (χ0) is 24.7. The van der Waals surface area contributed by atoms with Crippen LogP contribution in [-0.4, -0.2) is 24.5 Å². The lowest BCUT2D eigenvalue weighted by Gasteiger charge is -2.23. The highest BCUT2D eigenvalue weighted by atomic mass is 32.2. The van der Waals surface area contributed by atoms with Gasteiger partial charge in [-0.15, -0.1) is 0 Å². The van der Waals surface area contributed by atoms with Gasteiger partial charge in [0.15, 0.2) is 11.5 Å². The molecular weight excluding hydrogens is 471 g/mol. The van der Waals surface area contributed by atoms with Gasteiger partial charge in [-0.05, 0) is 79.1 Å². The van der Waals surface area contributed by atoms with E-state index in [0.29, 0.717) is 28.1 Å². The maximum atomic E-state index is 13.6. The van der Waals surface area contributed by atoms with Gasteiger partial charge < -0.3 is 14.5 Å². The van der Waals surface area contributed by atoms with Crippen LogP contribution < -0.4 is 15.0 Å². The van der Waals surface area contributed by atoms with Gasteiger partial charge in [0.05, 0.1) is 4.90 Å². The molecule has 0 bridgehead atoms. The predicted octanol–water partition coefficient (Wildman–Crippen LogP) is 4.40. The van der Waals surface area contributed by atoms with Crippen LogP contribution in [0, 0.1) is 19.7 Å². The summed E-state index contributed by atoms with van der Waals surface area (Å²) in [5.74, 6) is 0.567. The molecule has 1 N–H and O–H groups in total. The van der Waals surface area contributed by atoms with E-state index in [9.17, 15) is 17.6 Å². The van der Waals surface area contributed by atoms with Crippen molar-refractivity contribution in [2.45, 2.75) is 31.8 Å². The van der Waals surface area contributed by atoms with E-state index >= 15 is 0 Å². The number of sulfonamides is 1. The number of hydrogen-bond donors (Lipinski definition) is 1. The predicted molar refractivity (Wildman–Crippen MR) is 129 cm³/mol. The van der Waals surface area contributed by atoms with E-state index in [4.69, 9.17) is 9.47 Å². The second-order valence-corrected chi connectivity index (χ2v) is 10.5. The third kappa shape index (κ3) is 4.52. The number of pyridine rings is 1. The lowest BCUT2D eigenvalue weighted by molar-refractivity contribution is 0.174. The second-order valence-electron chi connectivity index (χ2n) is 8.58. The van der Waals surface area contributed by atoms with E-state index in [-0.39, 0.29) is 30.3 Å². The fourth-order valence-corrected chi connectivity index (χ4v) is 5.65. The molecular formula is C26H23FN2O5S. The molecule has 4 aromatic rings. The van der Waals surface area contributed by atoms with E-state index in [1.165, 1.54) is 16.4 Å². The minimum atomic E-state index is -4.07. The Bertz CT molecular complexity index is 1600. The van der Waals surface area contributed by atoms with Gasteiger partial charge in [0.2, 0.25) is 16.8 Å². The van der Waals surface area contributed by atoms with Gasteiger partial charge in [-0.3, -0.25) is 4.79 Å². The molecule has 5 rings (SSSR count). The molecule has 2 heterocycles. The Kier molecular flexibility index (Phi) is 5.82. The molecule has 0 unspecified atom stereocenters. The summed E-state index contributed by atoms with van der Waals surface area (Å²) in [6.45, 7) is 3.78. The highest BCUT2D eigenvalue weighted by Gasteiger charge is 2.27. The Hall–Kier alpha value is -3.69. The molecule has 35 heavy (non-hydrogen) atoms. The van der Waals surface area contributed by atoms with Gasteiger partial charge in [0.25, 0.3) is 5.56 Å². The first-order chi connectivity index (χ1) is 16.7. The van der Waals surface area contributed by atoms with Crippen LogP contribution in [0.5, 0.6) is 11.5 Å². The van der Waals surface area contributed by atoms with Gasteiger partial charge in [-0.1, -0.05) is 12.1 Å². The van der Waals surface area contributed by atoms with Crippen LogP contribution in [0.25, 0.3) is 10.9 Å². The Morgan fingerprint density at radius 2 is 1.69 bits per heavy atom. The first-order valence-corrected chi connectivity index (χ1v) is 12.4. The Balaban J connectivity index is 1.57. The standard InChI is InChI=1S/C26H23FN2O5S/c1-16-9-17(2)22-12-19(26(30)28-23(22)10-16)14-29(35(31,32)21-6-4-20(27)5-7-21)13-18-3-8-24-25(11-18)34-15-33-24/h3-12H,13-15H2,1-2H3,(H,28,30). The van der Waals surface area contributed by atoms with Crippen LogP contribution in [0.2, 0.25) is 0 Å². The Morgan fingerprint density at radius 3 is 2.46 bits per heavy atom. The summed E-state index contributed by atoms with van der Waals surface area (Å²) in [6, 6.07) is 15.4. The largest absolute Gasteiger partial charge is 0.454 e. The average Bonchev–Trinajstić information content (AvgIpc) is 3.27. The monoisotopic (exact) mass is 494 g/mol. The molecule has 0 radical (unpaired) electrons. The second kappa shape index (κ2) is 8.83. The maximum absolute atomic E-state index is 13.6. The minimum absolute atomic E-state index is 0.0271. The number of aromatic amines is 1. The van der Waals surface area contributed by atoms with Gasteiger partial charge >= 0.3 is 0 Å². The van der Waals surface area contributed by atoms with Crippen molar-refractivity contribution in [1.29, 1.82) is 0 Å². The van der Waals surface area contributed by atoms with Crippen molar-refractivity contribution in [2.75, 3.05) is 6.79 Å². The summed E-state index contributed by atoms with van der Waals surface area (Å²) < 4.78 is 52.7. The van der Waals surface area contributed by atoms with Crippen LogP contribution in [0.1, 0.15) is 22.3 Å². The molecule has 180 valence electrons. The smallest absolute Gasteiger partial charge is 0.252 e. The molecule has 0 saturated heterocycles. The number of benzene rings is 3. The van der Waals surface area contributed by atoms with Crippen molar-refractivity contribution < 1.29 is 22.3 Å². The number of nitrogens with one attached hydrogen (secondary N) is 1. The van der Waals surface area contributed by atoms with Crippen molar-refractivity contribution in [3.8, 4) is 11.5 Å². The SMILES string of the molecule is Cc1cc(C)c2cc(CN(Cc3ccc4c(c3)OCO4)S(=O)(=O)c3ccc(F)cc3)c(=O)[nH]c2c1. The number of H-pyrrole nitrogens is 1. The molecule has 9 heteroatoms. The molecule has 7 nitrogen and oxygen atoms in total. The van der Waals surface area contributed by atoms with Crippen LogP contribution >= 0.6 is 0 Å². The summed E-state index contributed by atoms with van der Waals surface area (Å²) >= 11 is 0. The summed E-state index contributed by atoms with van der Waals surface area (Å²) in [6.07, 6.45) is 0. The highest BCUT2D eigenvalue weighted by molar-refractivity contribution is 7.89. The lowest BCUT2D eigenvalue weighted by Crippen LogP contribution is -2.32. The molecule has 0 atom stereocenters. The number of aryl methyl sites for hydroxylation is 2. The van der Waals surface area contributed by atoms with E-state index in [1.807, 2.05) is 26.0 Å². The molecule has 3 aromatic carbocycles. The van der Waals surface area contributed by atoms with Crippen LogP contribution in [-0.2, 0) is 23.1 Å². The first-order valence-electron chi connectivity index (χ1n) is 11.0. The molecule has 0 fully saturated rings. The number of nitrogens with zero attached hydrogens (tertiary/aromatic N) is 1. The third-order valence-electron chi connectivity index (χ3n) is 5.98. The fourth-order valence-electron chi connectivity index (χ4n) is 4.25. The first kappa shape index (κ1) is 23.1. The number of hydrogen-bond acceptors (Lipinski definition) is 5. The molecule has 1 aromatic heterocycles. The normalized spacial score (nSPS) is 13.0. The average molecular weight is 495 g/mol. The number of rotatable bonds is 6. The number of aromatic nitrogens is 1.